The molecule has 3 rings (SSSR count). The van der Waals surface area contributed by atoms with Crippen LogP contribution in [0.2, 0.25) is 0 Å². The second kappa shape index (κ2) is 5.16. The molecule has 0 spiro atoms. The largest absolute Gasteiger partial charge is 0.382 e. The number of sulfone groups is 1. The fourth-order valence-electron chi connectivity index (χ4n) is 2.54. The molecule has 1 unspecified atom stereocenters. The van der Waals surface area contributed by atoms with E-state index in [0.29, 0.717) is 24.8 Å². The van der Waals surface area contributed by atoms with Gasteiger partial charge in [0.25, 0.3) is 0 Å². The molecule has 112 valence electrons. The second-order valence-electron chi connectivity index (χ2n) is 5.28. The lowest BCUT2D eigenvalue weighted by Crippen LogP contribution is -2.45. The molecule has 2 N–H and O–H groups in total. The zero-order chi connectivity index (χ0) is 14.3. The number of anilines is 2. The third-order valence-corrected chi connectivity index (χ3v) is 7.21. The van der Waals surface area contributed by atoms with Crippen LogP contribution in [0.1, 0.15) is 26.2 Å². The van der Waals surface area contributed by atoms with Crippen molar-refractivity contribution in [2.45, 2.75) is 42.4 Å². The van der Waals surface area contributed by atoms with Crippen LogP contribution in [0.4, 0.5) is 10.8 Å². The van der Waals surface area contributed by atoms with Gasteiger partial charge in [0.1, 0.15) is 9.90 Å². The molecule has 1 aromatic heterocycles. The normalized spacial score (nSPS) is 24.1. The van der Waals surface area contributed by atoms with Crippen LogP contribution in [0.15, 0.2) is 4.90 Å². The van der Waals surface area contributed by atoms with E-state index in [1.165, 1.54) is 11.5 Å². The van der Waals surface area contributed by atoms with Gasteiger partial charge < -0.3 is 15.4 Å². The Morgan fingerprint density at radius 1 is 1.50 bits per heavy atom. The highest BCUT2D eigenvalue weighted by Gasteiger charge is 2.42. The monoisotopic (exact) mass is 317 g/mol. The molecular weight excluding hydrogens is 298 g/mol. The van der Waals surface area contributed by atoms with Crippen molar-refractivity contribution in [3.8, 4) is 0 Å². The van der Waals surface area contributed by atoms with Gasteiger partial charge >= 0.3 is 0 Å². The lowest BCUT2D eigenvalue weighted by Gasteiger charge is -2.36. The lowest BCUT2D eigenvalue weighted by molar-refractivity contribution is 0.0931. The summed E-state index contributed by atoms with van der Waals surface area (Å²) in [4.78, 5) is 2.36. The second-order valence-corrected chi connectivity index (χ2v) is 8.19. The van der Waals surface area contributed by atoms with E-state index in [4.69, 9.17) is 10.5 Å². The van der Waals surface area contributed by atoms with Crippen molar-refractivity contribution in [2.24, 2.45) is 0 Å². The minimum atomic E-state index is -3.32. The highest BCUT2D eigenvalue weighted by molar-refractivity contribution is 7.92. The van der Waals surface area contributed by atoms with E-state index in [1.807, 2.05) is 0 Å². The highest BCUT2D eigenvalue weighted by Crippen LogP contribution is 2.43. The van der Waals surface area contributed by atoms with Crippen LogP contribution in [0, 0.1) is 0 Å². The zero-order valence-corrected chi connectivity index (χ0v) is 13.0. The molecule has 1 saturated carbocycles. The van der Waals surface area contributed by atoms with Crippen molar-refractivity contribution in [1.29, 1.82) is 0 Å². The van der Waals surface area contributed by atoms with Gasteiger partial charge in [0.2, 0.25) is 0 Å². The predicted octanol–water partition coefficient (Wildman–Crippen LogP) is 1.28. The topological polar surface area (TPSA) is 85.5 Å². The van der Waals surface area contributed by atoms with Gasteiger partial charge in [-0.15, -0.1) is 0 Å². The molecule has 0 radical (unpaired) electrons. The molecule has 20 heavy (non-hydrogen) atoms. The smallest absolute Gasteiger partial charge is 0.187 e. The van der Waals surface area contributed by atoms with Gasteiger partial charge in [0.15, 0.2) is 15.7 Å². The maximum atomic E-state index is 12.6. The molecule has 1 aromatic rings. The quantitative estimate of drug-likeness (QED) is 0.900. The Bertz CT molecular complexity index is 595. The Kier molecular flexibility index (Phi) is 3.64. The SMILES string of the molecule is CCC1COCCN1c1snc(N)c1S(=O)(=O)C1CC1. The van der Waals surface area contributed by atoms with Crippen molar-refractivity contribution in [1.82, 2.24) is 4.37 Å². The summed E-state index contributed by atoms with van der Waals surface area (Å²) in [6.07, 6.45) is 2.37. The average molecular weight is 317 g/mol. The van der Waals surface area contributed by atoms with E-state index in [9.17, 15) is 8.42 Å². The standard InChI is InChI=1S/C12H19N3O3S2/c1-2-8-7-18-6-5-15(8)12-10(11(13)14-19-12)20(16,17)9-3-4-9/h8-9H,2-7H2,1H3,(H2,13,14). The van der Waals surface area contributed by atoms with Crippen LogP contribution in [0.25, 0.3) is 0 Å². The third kappa shape index (κ3) is 2.29. The summed E-state index contributed by atoms with van der Waals surface area (Å²) >= 11 is 1.19. The van der Waals surface area contributed by atoms with Crippen molar-refractivity contribution in [3.05, 3.63) is 0 Å². The van der Waals surface area contributed by atoms with E-state index in [0.717, 1.165) is 19.3 Å². The molecule has 8 heteroatoms. The summed E-state index contributed by atoms with van der Waals surface area (Å²) < 4.78 is 34.7. The number of aromatic nitrogens is 1. The number of nitrogen functional groups attached to an aromatic ring is 1. The van der Waals surface area contributed by atoms with Crippen LogP contribution in [-0.4, -0.2) is 43.8 Å². The van der Waals surface area contributed by atoms with Crippen molar-refractivity contribution < 1.29 is 13.2 Å². The third-order valence-electron chi connectivity index (χ3n) is 3.86. The van der Waals surface area contributed by atoms with Crippen LogP contribution in [0.3, 0.4) is 0 Å². The minimum absolute atomic E-state index is 0.151. The first-order valence-corrected chi connectivity index (χ1v) is 9.21. The summed E-state index contributed by atoms with van der Waals surface area (Å²) in [5, 5.41) is 0.436. The number of rotatable bonds is 4. The van der Waals surface area contributed by atoms with Crippen LogP contribution >= 0.6 is 11.5 Å². The molecule has 0 aromatic carbocycles. The van der Waals surface area contributed by atoms with Gasteiger partial charge in [-0.05, 0) is 30.8 Å². The van der Waals surface area contributed by atoms with Gasteiger partial charge in [0, 0.05) is 6.54 Å². The summed E-state index contributed by atoms with van der Waals surface area (Å²) in [5.41, 5.74) is 5.85. The fraction of sp³-hybridized carbons (Fsp3) is 0.750. The van der Waals surface area contributed by atoms with Crippen molar-refractivity contribution in [3.63, 3.8) is 0 Å². The van der Waals surface area contributed by atoms with Gasteiger partial charge in [-0.2, -0.15) is 4.37 Å². The molecule has 2 heterocycles. The van der Waals surface area contributed by atoms with Gasteiger partial charge in [-0.3, -0.25) is 0 Å². The average Bonchev–Trinajstić information content (AvgIpc) is 3.22. The Hall–Kier alpha value is -0.860. The molecule has 2 aliphatic rings. The molecule has 6 nitrogen and oxygen atoms in total. The molecule has 1 aliphatic carbocycles. The number of hydrogen-bond donors (Lipinski definition) is 1. The lowest BCUT2D eigenvalue weighted by atomic mass is 10.2. The van der Waals surface area contributed by atoms with E-state index in [1.54, 1.807) is 0 Å². The number of nitrogens with zero attached hydrogens (tertiary/aromatic N) is 2. The molecule has 1 saturated heterocycles. The predicted molar refractivity (Wildman–Crippen MR) is 79.0 cm³/mol. The highest BCUT2D eigenvalue weighted by atomic mass is 32.2. The minimum Gasteiger partial charge on any atom is -0.382 e. The van der Waals surface area contributed by atoms with E-state index >= 15 is 0 Å². The Morgan fingerprint density at radius 2 is 2.25 bits per heavy atom. The Labute approximate surface area is 123 Å². The van der Waals surface area contributed by atoms with Crippen LogP contribution < -0.4 is 10.6 Å². The first-order valence-electron chi connectivity index (χ1n) is 6.89. The summed E-state index contributed by atoms with van der Waals surface area (Å²) in [6.45, 7) is 3.99. The van der Waals surface area contributed by atoms with E-state index < -0.39 is 9.84 Å². The van der Waals surface area contributed by atoms with E-state index in [2.05, 4.69) is 16.2 Å². The number of morpholine rings is 1. The van der Waals surface area contributed by atoms with Crippen LogP contribution in [-0.2, 0) is 14.6 Å². The Morgan fingerprint density at radius 3 is 2.90 bits per heavy atom. The zero-order valence-electron chi connectivity index (χ0n) is 11.4. The first kappa shape index (κ1) is 14.1. The molecule has 1 atom stereocenters. The maximum absolute atomic E-state index is 12.6. The molecule has 2 fully saturated rings. The fourth-order valence-corrected chi connectivity index (χ4v) is 5.66. The first-order chi connectivity index (χ1) is 9.55. The number of nitrogens with two attached hydrogens (primary N) is 1. The summed E-state index contributed by atoms with van der Waals surface area (Å²) in [7, 11) is -3.32. The number of hydrogen-bond acceptors (Lipinski definition) is 7. The van der Waals surface area contributed by atoms with Crippen molar-refractivity contribution in [2.75, 3.05) is 30.4 Å². The maximum Gasteiger partial charge on any atom is 0.187 e. The molecule has 1 aliphatic heterocycles. The summed E-state index contributed by atoms with van der Waals surface area (Å²) in [6, 6.07) is 0.191. The van der Waals surface area contributed by atoms with Gasteiger partial charge in [-0.25, -0.2) is 8.42 Å². The van der Waals surface area contributed by atoms with Gasteiger partial charge in [-0.1, -0.05) is 6.92 Å². The Balaban J connectivity index is 2.02. The molecular formula is C12H19N3O3S2. The summed E-state index contributed by atoms with van der Waals surface area (Å²) in [5.74, 6) is 0.151. The molecule has 0 amide bonds. The molecule has 0 bridgehead atoms. The van der Waals surface area contributed by atoms with Crippen LogP contribution in [0.5, 0.6) is 0 Å². The van der Waals surface area contributed by atoms with Crippen molar-refractivity contribution >= 4 is 32.2 Å². The number of ether oxygens (including phenoxy) is 1. The van der Waals surface area contributed by atoms with E-state index in [-0.39, 0.29) is 22.0 Å². The van der Waals surface area contributed by atoms with Gasteiger partial charge in [0.05, 0.1) is 24.5 Å².